The second-order valence-corrected chi connectivity index (χ2v) is 6.64. The van der Waals surface area contributed by atoms with Crippen molar-refractivity contribution in [2.24, 2.45) is 0 Å². The quantitative estimate of drug-likeness (QED) is 0.852. The number of sulfone groups is 1. The van der Waals surface area contributed by atoms with E-state index in [-0.39, 0.29) is 11.3 Å². The molecule has 2 aromatic rings. The van der Waals surface area contributed by atoms with Gasteiger partial charge in [0.1, 0.15) is 17.4 Å². The molecule has 0 fully saturated rings. The van der Waals surface area contributed by atoms with E-state index in [1.54, 1.807) is 24.3 Å². The van der Waals surface area contributed by atoms with Gasteiger partial charge in [0.25, 0.3) is 0 Å². The van der Waals surface area contributed by atoms with Crippen LogP contribution in [-0.4, -0.2) is 15.5 Å². The Labute approximate surface area is 122 Å². The van der Waals surface area contributed by atoms with E-state index in [0.29, 0.717) is 17.4 Å². The van der Waals surface area contributed by atoms with Gasteiger partial charge >= 0.3 is 0 Å². The van der Waals surface area contributed by atoms with Gasteiger partial charge in [-0.2, -0.15) is 0 Å². The maximum absolute atomic E-state index is 13.5. The molecule has 0 saturated carbocycles. The van der Waals surface area contributed by atoms with Gasteiger partial charge < -0.3 is 4.74 Å². The SMILES string of the molecule is COc1ccccc1CS(=O)(=O)Cc1ccc(F)cc1F. The molecule has 0 bridgehead atoms. The highest BCUT2D eigenvalue weighted by atomic mass is 32.2. The molecule has 0 saturated heterocycles. The number of halogens is 2. The average molecular weight is 312 g/mol. The Balaban J connectivity index is 2.23. The van der Waals surface area contributed by atoms with Crippen LogP contribution >= 0.6 is 0 Å². The fourth-order valence-electron chi connectivity index (χ4n) is 1.99. The molecule has 6 heteroatoms. The Morgan fingerprint density at radius 3 is 2.33 bits per heavy atom. The summed E-state index contributed by atoms with van der Waals surface area (Å²) < 4.78 is 55.8. The van der Waals surface area contributed by atoms with Gasteiger partial charge in [0.2, 0.25) is 0 Å². The molecule has 0 aliphatic rings. The second-order valence-electron chi connectivity index (χ2n) is 4.58. The summed E-state index contributed by atoms with van der Waals surface area (Å²) in [5.74, 6) is -1.90. The summed E-state index contributed by atoms with van der Waals surface area (Å²) in [5, 5.41) is 0. The minimum Gasteiger partial charge on any atom is -0.496 e. The topological polar surface area (TPSA) is 43.4 Å². The van der Waals surface area contributed by atoms with Crippen LogP contribution in [0, 0.1) is 11.6 Å². The van der Waals surface area contributed by atoms with Crippen molar-refractivity contribution >= 4 is 9.84 Å². The number of benzene rings is 2. The van der Waals surface area contributed by atoms with E-state index < -0.39 is 27.2 Å². The third kappa shape index (κ3) is 4.01. The van der Waals surface area contributed by atoms with Crippen molar-refractivity contribution < 1.29 is 21.9 Å². The van der Waals surface area contributed by atoms with Crippen molar-refractivity contribution in [2.75, 3.05) is 7.11 Å². The summed E-state index contributed by atoms with van der Waals surface area (Å²) >= 11 is 0. The number of para-hydroxylation sites is 1. The lowest BCUT2D eigenvalue weighted by Gasteiger charge is -2.09. The highest BCUT2D eigenvalue weighted by molar-refractivity contribution is 7.89. The minimum atomic E-state index is -3.60. The lowest BCUT2D eigenvalue weighted by atomic mass is 10.2. The van der Waals surface area contributed by atoms with Crippen molar-refractivity contribution in [3.63, 3.8) is 0 Å². The number of hydrogen-bond donors (Lipinski definition) is 0. The fraction of sp³-hybridized carbons (Fsp3) is 0.200. The molecule has 3 nitrogen and oxygen atoms in total. The third-order valence-electron chi connectivity index (χ3n) is 2.96. The lowest BCUT2D eigenvalue weighted by molar-refractivity contribution is 0.411. The molecule has 0 spiro atoms. The summed E-state index contributed by atoms with van der Waals surface area (Å²) in [6.07, 6.45) is 0. The molecule has 0 aromatic heterocycles. The van der Waals surface area contributed by atoms with E-state index in [1.165, 1.54) is 7.11 Å². The first kappa shape index (κ1) is 15.4. The first-order valence-electron chi connectivity index (χ1n) is 6.17. The molecule has 2 rings (SSSR count). The van der Waals surface area contributed by atoms with Crippen LogP contribution in [0.15, 0.2) is 42.5 Å². The summed E-state index contributed by atoms with van der Waals surface area (Å²) in [4.78, 5) is 0. The highest BCUT2D eigenvalue weighted by Gasteiger charge is 2.18. The van der Waals surface area contributed by atoms with Gasteiger partial charge in [0.05, 0.1) is 18.6 Å². The van der Waals surface area contributed by atoms with E-state index in [1.807, 2.05) is 0 Å². The van der Waals surface area contributed by atoms with E-state index in [4.69, 9.17) is 4.74 Å². The zero-order chi connectivity index (χ0) is 15.5. The Hall–Kier alpha value is -1.95. The first-order valence-corrected chi connectivity index (χ1v) is 7.99. The largest absolute Gasteiger partial charge is 0.496 e. The smallest absolute Gasteiger partial charge is 0.158 e. The van der Waals surface area contributed by atoms with Gasteiger partial charge in [-0.05, 0) is 12.1 Å². The van der Waals surface area contributed by atoms with E-state index >= 15 is 0 Å². The zero-order valence-electron chi connectivity index (χ0n) is 11.3. The maximum atomic E-state index is 13.5. The summed E-state index contributed by atoms with van der Waals surface area (Å²) in [6, 6.07) is 9.58. The van der Waals surface area contributed by atoms with Crippen LogP contribution in [0.25, 0.3) is 0 Å². The molecular formula is C15H14F2O3S. The molecule has 112 valence electrons. The second kappa shape index (κ2) is 6.22. The molecule has 0 radical (unpaired) electrons. The standard InChI is InChI=1S/C15H14F2O3S/c1-20-15-5-3-2-4-12(15)10-21(18,19)9-11-6-7-13(16)8-14(11)17/h2-8H,9-10H2,1H3. The molecule has 2 aromatic carbocycles. The van der Waals surface area contributed by atoms with Gasteiger partial charge in [0, 0.05) is 17.2 Å². The molecule has 0 aliphatic heterocycles. The summed E-state index contributed by atoms with van der Waals surface area (Å²) in [7, 11) is -2.15. The Bertz CT molecular complexity index is 742. The zero-order valence-corrected chi connectivity index (χ0v) is 12.2. The minimum absolute atomic E-state index is 0.0497. The van der Waals surface area contributed by atoms with Crippen LogP contribution in [-0.2, 0) is 21.3 Å². The van der Waals surface area contributed by atoms with Crippen molar-refractivity contribution in [1.29, 1.82) is 0 Å². The van der Waals surface area contributed by atoms with E-state index in [2.05, 4.69) is 0 Å². The van der Waals surface area contributed by atoms with Crippen LogP contribution in [0.2, 0.25) is 0 Å². The predicted octanol–water partition coefficient (Wildman–Crippen LogP) is 3.09. The number of rotatable bonds is 5. The fourth-order valence-corrected chi connectivity index (χ4v) is 3.51. The van der Waals surface area contributed by atoms with Gasteiger partial charge in [-0.1, -0.05) is 24.3 Å². The Kier molecular flexibility index (Phi) is 4.57. The normalized spacial score (nSPS) is 11.4. The van der Waals surface area contributed by atoms with Crippen molar-refractivity contribution in [2.45, 2.75) is 11.5 Å². The lowest BCUT2D eigenvalue weighted by Crippen LogP contribution is -2.10. The molecule has 0 aliphatic carbocycles. The van der Waals surface area contributed by atoms with Gasteiger partial charge in [-0.15, -0.1) is 0 Å². The number of ether oxygens (including phenoxy) is 1. The summed E-state index contributed by atoms with van der Waals surface area (Å²) in [6.45, 7) is 0. The Morgan fingerprint density at radius 2 is 1.67 bits per heavy atom. The van der Waals surface area contributed by atoms with E-state index in [0.717, 1.165) is 12.1 Å². The molecule has 0 N–H and O–H groups in total. The number of methoxy groups -OCH3 is 1. The molecule has 0 heterocycles. The predicted molar refractivity (Wildman–Crippen MR) is 75.7 cm³/mol. The van der Waals surface area contributed by atoms with Crippen molar-refractivity contribution in [3.05, 3.63) is 65.2 Å². The van der Waals surface area contributed by atoms with Crippen LogP contribution in [0.4, 0.5) is 8.78 Å². The monoisotopic (exact) mass is 312 g/mol. The molecule has 0 amide bonds. The van der Waals surface area contributed by atoms with Gasteiger partial charge in [-0.3, -0.25) is 0 Å². The Morgan fingerprint density at radius 1 is 1.00 bits per heavy atom. The van der Waals surface area contributed by atoms with Crippen LogP contribution in [0.3, 0.4) is 0 Å². The molecular weight excluding hydrogens is 298 g/mol. The van der Waals surface area contributed by atoms with Crippen molar-refractivity contribution in [1.82, 2.24) is 0 Å². The average Bonchev–Trinajstić information content (AvgIpc) is 2.42. The van der Waals surface area contributed by atoms with Crippen LogP contribution in [0.5, 0.6) is 5.75 Å². The van der Waals surface area contributed by atoms with Crippen LogP contribution < -0.4 is 4.74 Å². The molecule has 0 unspecified atom stereocenters. The molecule has 21 heavy (non-hydrogen) atoms. The summed E-state index contributed by atoms with van der Waals surface area (Å²) in [5.41, 5.74) is 0.453. The maximum Gasteiger partial charge on any atom is 0.158 e. The highest BCUT2D eigenvalue weighted by Crippen LogP contribution is 2.22. The van der Waals surface area contributed by atoms with Gasteiger partial charge in [0.15, 0.2) is 9.84 Å². The van der Waals surface area contributed by atoms with Gasteiger partial charge in [-0.25, -0.2) is 17.2 Å². The third-order valence-corrected chi connectivity index (χ3v) is 4.46. The molecule has 0 atom stereocenters. The van der Waals surface area contributed by atoms with E-state index in [9.17, 15) is 17.2 Å². The van der Waals surface area contributed by atoms with Crippen LogP contribution in [0.1, 0.15) is 11.1 Å². The van der Waals surface area contributed by atoms with Crippen molar-refractivity contribution in [3.8, 4) is 5.75 Å². The first-order chi connectivity index (χ1) is 9.91. The number of hydrogen-bond acceptors (Lipinski definition) is 3.